The first kappa shape index (κ1) is 32.6. The van der Waals surface area contributed by atoms with E-state index in [0.29, 0.717) is 63.0 Å². The Morgan fingerprint density at radius 3 is 2.21 bits per heavy atom. The number of likely N-dealkylation sites (tertiary alicyclic amines) is 3. The third-order valence-electron chi connectivity index (χ3n) is 10.1. The predicted molar refractivity (Wildman–Crippen MR) is 179 cm³/mol. The van der Waals surface area contributed by atoms with Crippen molar-refractivity contribution in [2.45, 2.75) is 76.0 Å². The number of ether oxygens (including phenoxy) is 1. The number of anilines is 2. The molecule has 0 aliphatic carbocycles. The summed E-state index contributed by atoms with van der Waals surface area (Å²) < 4.78 is 5.20. The molecule has 252 valence electrons. The van der Waals surface area contributed by atoms with Crippen LogP contribution < -0.4 is 20.7 Å². The number of hydrogen-bond donors (Lipinski definition) is 3. The first-order valence-corrected chi connectivity index (χ1v) is 17.1. The summed E-state index contributed by atoms with van der Waals surface area (Å²) in [6.07, 6.45) is 6.71. The molecular formula is C35H47N7O5. The van der Waals surface area contributed by atoms with E-state index in [1.165, 1.54) is 19.3 Å². The van der Waals surface area contributed by atoms with Gasteiger partial charge in [0.15, 0.2) is 0 Å². The maximum absolute atomic E-state index is 13.9. The molecule has 3 N–H and O–H groups in total. The number of hydrogen-bond acceptors (Lipinski definition) is 6. The Labute approximate surface area is 276 Å². The molecule has 3 saturated heterocycles. The van der Waals surface area contributed by atoms with Crippen LogP contribution >= 0.6 is 0 Å². The lowest BCUT2D eigenvalue weighted by Crippen LogP contribution is -2.56. The minimum absolute atomic E-state index is 0.0134. The molecule has 0 bridgehead atoms. The Morgan fingerprint density at radius 1 is 0.851 bits per heavy atom. The van der Waals surface area contributed by atoms with E-state index in [4.69, 9.17) is 4.74 Å². The van der Waals surface area contributed by atoms with E-state index in [-0.39, 0.29) is 30.3 Å². The van der Waals surface area contributed by atoms with Gasteiger partial charge < -0.3 is 40.3 Å². The molecule has 4 heterocycles. The van der Waals surface area contributed by atoms with Crippen LogP contribution in [-0.4, -0.2) is 108 Å². The number of nitrogens with zero attached hydrogens (tertiary/aromatic N) is 4. The van der Waals surface area contributed by atoms with Gasteiger partial charge in [0.1, 0.15) is 11.8 Å². The van der Waals surface area contributed by atoms with Crippen molar-refractivity contribution in [2.24, 2.45) is 0 Å². The third kappa shape index (κ3) is 7.98. The van der Waals surface area contributed by atoms with Crippen molar-refractivity contribution in [1.82, 2.24) is 24.9 Å². The molecule has 12 heteroatoms. The van der Waals surface area contributed by atoms with E-state index in [2.05, 4.69) is 20.9 Å². The van der Waals surface area contributed by atoms with Crippen molar-refractivity contribution < 1.29 is 23.9 Å². The average molecular weight is 646 g/mol. The van der Waals surface area contributed by atoms with Gasteiger partial charge in [0.25, 0.3) is 0 Å². The summed E-state index contributed by atoms with van der Waals surface area (Å²) in [4.78, 5) is 61.5. The smallest absolute Gasteiger partial charge is 0.322 e. The molecule has 1 atom stereocenters. The van der Waals surface area contributed by atoms with E-state index in [9.17, 15) is 19.2 Å². The van der Waals surface area contributed by atoms with Gasteiger partial charge in [-0.2, -0.15) is 0 Å². The SMILES string of the molecule is COc1ccc(NC(=O)N[C@@H](CC(=O)N2CCC(N3Cc4ccccc4NC3=O)CC2)C(=O)N2CCC(N3CCCCC3)CC2)cc1. The van der Waals surface area contributed by atoms with Crippen LogP contribution in [0, 0.1) is 0 Å². The predicted octanol–water partition coefficient (Wildman–Crippen LogP) is 4.09. The molecule has 12 nitrogen and oxygen atoms in total. The minimum atomic E-state index is -0.991. The highest BCUT2D eigenvalue weighted by molar-refractivity contribution is 5.96. The van der Waals surface area contributed by atoms with Gasteiger partial charge in [-0.3, -0.25) is 9.59 Å². The highest BCUT2D eigenvalue weighted by Crippen LogP contribution is 2.28. The van der Waals surface area contributed by atoms with Crippen LogP contribution in [0.25, 0.3) is 0 Å². The fourth-order valence-electron chi connectivity index (χ4n) is 7.40. The molecule has 0 saturated carbocycles. The van der Waals surface area contributed by atoms with Crippen molar-refractivity contribution >= 4 is 35.3 Å². The van der Waals surface area contributed by atoms with Crippen LogP contribution in [0.2, 0.25) is 0 Å². The topological polar surface area (TPSA) is 127 Å². The second-order valence-corrected chi connectivity index (χ2v) is 13.1. The lowest BCUT2D eigenvalue weighted by atomic mass is 9.98. The van der Waals surface area contributed by atoms with Gasteiger partial charge in [-0.25, -0.2) is 9.59 Å². The number of nitrogens with one attached hydrogen (secondary N) is 3. The van der Waals surface area contributed by atoms with Crippen molar-refractivity contribution in [1.29, 1.82) is 0 Å². The van der Waals surface area contributed by atoms with Crippen LogP contribution in [0.4, 0.5) is 21.0 Å². The Hall–Kier alpha value is -4.32. The Morgan fingerprint density at radius 2 is 1.51 bits per heavy atom. The van der Waals surface area contributed by atoms with Gasteiger partial charge in [0.05, 0.1) is 13.5 Å². The van der Waals surface area contributed by atoms with Crippen LogP contribution in [0.1, 0.15) is 56.9 Å². The number of piperidine rings is 3. The van der Waals surface area contributed by atoms with E-state index < -0.39 is 12.1 Å². The number of methoxy groups -OCH3 is 1. The number of carbonyl (C=O) groups is 4. The van der Waals surface area contributed by atoms with Gasteiger partial charge >= 0.3 is 12.1 Å². The molecule has 0 unspecified atom stereocenters. The second kappa shape index (κ2) is 15.1. The molecule has 47 heavy (non-hydrogen) atoms. The summed E-state index contributed by atoms with van der Waals surface area (Å²) in [7, 11) is 1.57. The Balaban J connectivity index is 1.07. The second-order valence-electron chi connectivity index (χ2n) is 13.1. The fraction of sp³-hybridized carbons (Fsp3) is 0.543. The first-order valence-electron chi connectivity index (χ1n) is 17.1. The third-order valence-corrected chi connectivity index (χ3v) is 10.1. The normalized spacial score (nSPS) is 20.2. The van der Waals surface area contributed by atoms with Crippen molar-refractivity contribution in [3.05, 3.63) is 54.1 Å². The molecule has 3 fully saturated rings. The maximum Gasteiger partial charge on any atom is 0.322 e. The van der Waals surface area contributed by atoms with Gasteiger partial charge in [0.2, 0.25) is 11.8 Å². The van der Waals surface area contributed by atoms with Gasteiger partial charge in [0, 0.05) is 56.2 Å². The van der Waals surface area contributed by atoms with E-state index in [0.717, 1.165) is 37.2 Å². The van der Waals surface area contributed by atoms with Crippen LogP contribution in [0.15, 0.2) is 48.5 Å². The number of rotatable bonds is 8. The number of benzene rings is 2. The summed E-state index contributed by atoms with van der Waals surface area (Å²) in [5.41, 5.74) is 2.47. The summed E-state index contributed by atoms with van der Waals surface area (Å²) in [6.45, 7) is 4.96. The highest BCUT2D eigenvalue weighted by Gasteiger charge is 2.36. The van der Waals surface area contributed by atoms with Crippen LogP contribution in [0.5, 0.6) is 5.75 Å². The molecule has 2 aromatic rings. The zero-order chi connectivity index (χ0) is 32.8. The monoisotopic (exact) mass is 645 g/mol. The highest BCUT2D eigenvalue weighted by atomic mass is 16.5. The van der Waals surface area contributed by atoms with Crippen molar-refractivity contribution in [2.75, 3.05) is 57.0 Å². The summed E-state index contributed by atoms with van der Waals surface area (Å²) >= 11 is 0. The summed E-state index contributed by atoms with van der Waals surface area (Å²) in [5.74, 6) is 0.263. The average Bonchev–Trinajstić information content (AvgIpc) is 3.11. The number of amides is 6. The quantitative estimate of drug-likeness (QED) is 0.397. The number of carbonyl (C=O) groups excluding carboxylic acids is 4. The van der Waals surface area contributed by atoms with E-state index in [1.807, 2.05) is 34.1 Å². The molecule has 4 aliphatic heterocycles. The molecule has 0 aromatic heterocycles. The lowest BCUT2D eigenvalue weighted by molar-refractivity contribution is -0.140. The van der Waals surface area contributed by atoms with Gasteiger partial charge in [-0.05, 0) is 87.5 Å². The summed E-state index contributed by atoms with van der Waals surface area (Å²) in [6, 6.07) is 13.6. The lowest BCUT2D eigenvalue weighted by Gasteiger charge is -2.41. The number of para-hydroxylation sites is 1. The Bertz CT molecular complexity index is 1410. The zero-order valence-electron chi connectivity index (χ0n) is 27.3. The Kier molecular flexibility index (Phi) is 10.4. The largest absolute Gasteiger partial charge is 0.497 e. The molecule has 2 aromatic carbocycles. The van der Waals surface area contributed by atoms with E-state index >= 15 is 0 Å². The zero-order valence-corrected chi connectivity index (χ0v) is 27.3. The fourth-order valence-corrected chi connectivity index (χ4v) is 7.40. The van der Waals surface area contributed by atoms with Crippen molar-refractivity contribution in [3.8, 4) is 5.75 Å². The molecule has 4 aliphatic rings. The van der Waals surface area contributed by atoms with Gasteiger partial charge in [-0.15, -0.1) is 0 Å². The van der Waals surface area contributed by atoms with E-state index in [1.54, 1.807) is 36.3 Å². The minimum Gasteiger partial charge on any atom is -0.497 e. The van der Waals surface area contributed by atoms with Crippen LogP contribution in [0.3, 0.4) is 0 Å². The number of fused-ring (bicyclic) bond motifs is 1. The molecule has 6 amide bonds. The molecule has 6 rings (SSSR count). The molecule has 0 spiro atoms. The van der Waals surface area contributed by atoms with Crippen LogP contribution in [-0.2, 0) is 16.1 Å². The maximum atomic E-state index is 13.9. The van der Waals surface area contributed by atoms with Gasteiger partial charge in [-0.1, -0.05) is 24.6 Å². The molecule has 0 radical (unpaired) electrons. The first-order chi connectivity index (χ1) is 22.9. The standard InChI is InChI=1S/C35H47N7O5/c1-47-29-11-9-26(10-12-29)36-34(45)37-31(33(44)41-21-13-27(14-22-41)39-17-5-2-6-18-39)23-32(43)40-19-15-28(16-20-40)42-24-25-7-3-4-8-30(25)38-35(42)46/h3-4,7-12,27-28,31H,2,5-6,13-24H2,1H3,(H,38,46)(H2,36,37,45)/t31-/m0/s1. The number of urea groups is 2. The summed E-state index contributed by atoms with van der Waals surface area (Å²) in [5, 5.41) is 8.59. The van der Waals surface area contributed by atoms with Crippen molar-refractivity contribution in [3.63, 3.8) is 0 Å². The molecular weight excluding hydrogens is 598 g/mol.